The maximum absolute atomic E-state index is 11.7. The molecule has 92 valence electrons. The van der Waals surface area contributed by atoms with Crippen LogP contribution in [0.4, 0.5) is 0 Å². The second-order valence-corrected chi connectivity index (χ2v) is 10.3. The molecule has 0 aromatic rings. The number of thioether (sulfide) groups is 2. The van der Waals surface area contributed by atoms with Crippen LogP contribution < -0.4 is 0 Å². The van der Waals surface area contributed by atoms with Gasteiger partial charge in [0.15, 0.2) is 9.84 Å². The van der Waals surface area contributed by atoms with E-state index in [4.69, 9.17) is 0 Å². The first-order valence-corrected chi connectivity index (χ1v) is 9.69. The van der Waals surface area contributed by atoms with Gasteiger partial charge in [0.05, 0.1) is 11.0 Å². The van der Waals surface area contributed by atoms with Gasteiger partial charge in [-0.1, -0.05) is 15.9 Å². The fourth-order valence-electron chi connectivity index (χ4n) is 1.92. The minimum absolute atomic E-state index is 0.186. The number of halogens is 1. The molecule has 2 fully saturated rings. The van der Waals surface area contributed by atoms with E-state index in [1.807, 2.05) is 0 Å². The molecule has 2 rings (SSSR count). The fraction of sp³-hybridized carbons (Fsp3) is 0.889. The molecule has 0 amide bonds. The molecule has 2 saturated heterocycles. The molecule has 0 spiro atoms. The van der Waals surface area contributed by atoms with Gasteiger partial charge in [0, 0.05) is 5.25 Å². The van der Waals surface area contributed by atoms with Crippen LogP contribution in [-0.4, -0.2) is 50.9 Å². The second-order valence-electron chi connectivity index (χ2n) is 3.86. The van der Waals surface area contributed by atoms with Crippen molar-refractivity contribution in [3.8, 4) is 0 Å². The molecule has 7 heteroatoms. The van der Waals surface area contributed by atoms with Crippen LogP contribution in [0.3, 0.4) is 0 Å². The number of alkyl halides is 1. The zero-order chi connectivity index (χ0) is 11.9. The van der Waals surface area contributed by atoms with E-state index in [-0.39, 0.29) is 14.7 Å². The van der Waals surface area contributed by atoms with Crippen LogP contribution in [0, 0.1) is 0 Å². The van der Waals surface area contributed by atoms with E-state index >= 15 is 0 Å². The third kappa shape index (κ3) is 2.20. The van der Waals surface area contributed by atoms with Gasteiger partial charge >= 0.3 is 0 Å². The Hall–Kier alpha value is 0.800. The number of fused-ring (bicyclic) bond motifs is 1. The molecule has 0 unspecified atom stereocenters. The van der Waals surface area contributed by atoms with Crippen molar-refractivity contribution in [2.24, 2.45) is 0 Å². The summed E-state index contributed by atoms with van der Waals surface area (Å²) in [4.78, 5) is 0. The molecule has 0 saturated carbocycles. The minimum atomic E-state index is -2.90. The summed E-state index contributed by atoms with van der Waals surface area (Å²) in [5.74, 6) is 0.315. The Balaban J connectivity index is 2.22. The molecule has 0 aromatic heterocycles. The van der Waals surface area contributed by atoms with E-state index in [9.17, 15) is 8.42 Å². The van der Waals surface area contributed by atoms with Gasteiger partial charge in [-0.15, -0.1) is 0 Å². The van der Waals surface area contributed by atoms with Gasteiger partial charge in [-0.2, -0.15) is 0 Å². The number of nitrogens with zero attached hydrogens (tertiary/aromatic N) is 1. The smallest absolute Gasteiger partial charge is 0.228 e. The standard InChI is InChI=1S/C9H15BrNO2S3/c1-3-11(4-2)9-14-6-5-16(12,13)8(10)7(6)15-9/h6-8H,3-5H2,1-2H3/q+1/t6-,7+,8-/m1/s1. The molecule has 0 radical (unpaired) electrons. The fourth-order valence-corrected chi connectivity index (χ4v) is 9.67. The molecule has 3 atom stereocenters. The lowest BCUT2D eigenvalue weighted by molar-refractivity contribution is -0.515. The predicted octanol–water partition coefficient (Wildman–Crippen LogP) is 1.76. The Morgan fingerprint density at radius 2 is 2.00 bits per heavy atom. The number of hydrogen-bond donors (Lipinski definition) is 0. The Labute approximate surface area is 113 Å². The van der Waals surface area contributed by atoms with E-state index < -0.39 is 9.84 Å². The predicted molar refractivity (Wildman–Crippen MR) is 75.6 cm³/mol. The molecular formula is C9H15BrNO2S3+. The van der Waals surface area contributed by atoms with Crippen LogP contribution in [0.5, 0.6) is 0 Å². The molecule has 2 aliphatic heterocycles. The maximum Gasteiger partial charge on any atom is 0.270 e. The monoisotopic (exact) mass is 344 g/mol. The summed E-state index contributed by atoms with van der Waals surface area (Å²) in [7, 11) is -2.90. The van der Waals surface area contributed by atoms with Crippen molar-refractivity contribution in [2.45, 2.75) is 28.5 Å². The third-order valence-electron chi connectivity index (χ3n) is 2.88. The average Bonchev–Trinajstić information content (AvgIpc) is 2.69. The lowest BCUT2D eigenvalue weighted by Crippen LogP contribution is -2.19. The largest absolute Gasteiger partial charge is 0.270 e. The van der Waals surface area contributed by atoms with Crippen molar-refractivity contribution in [2.75, 3.05) is 18.8 Å². The zero-order valence-corrected chi connectivity index (χ0v) is 13.3. The lowest BCUT2D eigenvalue weighted by Gasteiger charge is -2.06. The molecule has 16 heavy (non-hydrogen) atoms. The Kier molecular flexibility index (Phi) is 3.99. The highest BCUT2D eigenvalue weighted by Crippen LogP contribution is 2.49. The molecule has 0 N–H and O–H groups in total. The molecular weight excluding hydrogens is 330 g/mol. The van der Waals surface area contributed by atoms with Crippen LogP contribution in [0.1, 0.15) is 13.8 Å². The van der Waals surface area contributed by atoms with Gasteiger partial charge in [-0.25, -0.2) is 13.0 Å². The van der Waals surface area contributed by atoms with Crippen molar-refractivity contribution >= 4 is 53.7 Å². The molecule has 2 heterocycles. The van der Waals surface area contributed by atoms with Gasteiger partial charge in [0.2, 0.25) is 0 Å². The summed E-state index contributed by atoms with van der Waals surface area (Å²) in [5.41, 5.74) is 0. The van der Waals surface area contributed by atoms with Crippen LogP contribution in [0.15, 0.2) is 0 Å². The molecule has 0 bridgehead atoms. The van der Waals surface area contributed by atoms with Gasteiger partial charge in [-0.05, 0) is 37.4 Å². The Morgan fingerprint density at radius 3 is 2.50 bits per heavy atom. The third-order valence-corrected chi connectivity index (χ3v) is 11.0. The number of hydrogen-bond acceptors (Lipinski definition) is 4. The summed E-state index contributed by atoms with van der Waals surface area (Å²) >= 11 is 6.80. The van der Waals surface area contributed by atoms with Crippen LogP contribution in [0.25, 0.3) is 0 Å². The van der Waals surface area contributed by atoms with Crippen molar-refractivity contribution in [1.82, 2.24) is 0 Å². The van der Waals surface area contributed by atoms with Gasteiger partial charge in [0.25, 0.3) is 4.38 Å². The van der Waals surface area contributed by atoms with Crippen molar-refractivity contribution < 1.29 is 13.0 Å². The SMILES string of the molecule is CC[N+](CC)=C1S[C@H]2[C@@H](CS(=O)(=O)[C@H]2Br)S1. The molecule has 0 aromatic carbocycles. The molecule has 0 aliphatic carbocycles. The average molecular weight is 345 g/mol. The Morgan fingerprint density at radius 1 is 1.38 bits per heavy atom. The van der Waals surface area contributed by atoms with E-state index in [2.05, 4.69) is 34.4 Å². The highest BCUT2D eigenvalue weighted by Gasteiger charge is 2.53. The first kappa shape index (κ1) is 13.2. The van der Waals surface area contributed by atoms with Gasteiger partial charge in [0.1, 0.15) is 17.2 Å². The summed E-state index contributed by atoms with van der Waals surface area (Å²) in [5, 5.41) is 0.417. The van der Waals surface area contributed by atoms with Crippen LogP contribution >= 0.6 is 39.5 Å². The zero-order valence-electron chi connectivity index (χ0n) is 9.22. The molecule has 2 aliphatic rings. The normalized spacial score (nSPS) is 36.4. The highest BCUT2D eigenvalue weighted by molar-refractivity contribution is 9.11. The quantitative estimate of drug-likeness (QED) is 0.565. The van der Waals surface area contributed by atoms with E-state index in [0.29, 0.717) is 5.75 Å². The summed E-state index contributed by atoms with van der Waals surface area (Å²) in [6.45, 7) is 6.25. The van der Waals surface area contributed by atoms with Gasteiger partial charge in [-0.3, -0.25) is 0 Å². The summed E-state index contributed by atoms with van der Waals surface area (Å²) in [6, 6.07) is 0. The van der Waals surface area contributed by atoms with Crippen molar-refractivity contribution in [3.05, 3.63) is 0 Å². The van der Waals surface area contributed by atoms with Crippen LogP contribution in [0.2, 0.25) is 0 Å². The van der Waals surface area contributed by atoms with Crippen molar-refractivity contribution in [1.29, 1.82) is 0 Å². The van der Waals surface area contributed by atoms with E-state index in [0.717, 1.165) is 13.1 Å². The Bertz CT molecular complexity index is 414. The summed E-state index contributed by atoms with van der Waals surface area (Å²) in [6.07, 6.45) is 0. The van der Waals surface area contributed by atoms with E-state index in [1.54, 1.807) is 23.5 Å². The maximum atomic E-state index is 11.7. The van der Waals surface area contributed by atoms with E-state index in [1.165, 1.54) is 4.38 Å². The first-order chi connectivity index (χ1) is 7.49. The topological polar surface area (TPSA) is 37.1 Å². The highest BCUT2D eigenvalue weighted by atomic mass is 79.9. The van der Waals surface area contributed by atoms with Gasteiger partial charge < -0.3 is 0 Å². The summed E-state index contributed by atoms with van der Waals surface area (Å²) < 4.78 is 26.6. The van der Waals surface area contributed by atoms with Crippen LogP contribution in [-0.2, 0) is 9.84 Å². The number of sulfone groups is 1. The van der Waals surface area contributed by atoms with Crippen molar-refractivity contribution in [3.63, 3.8) is 0 Å². The minimum Gasteiger partial charge on any atom is -0.228 e. The molecule has 3 nitrogen and oxygen atoms in total. The second kappa shape index (κ2) is 4.82. The first-order valence-electron chi connectivity index (χ1n) is 5.30. The number of rotatable bonds is 2. The lowest BCUT2D eigenvalue weighted by atomic mass is 10.4.